The zero-order valence-corrected chi connectivity index (χ0v) is 15.1. The number of para-hydroxylation sites is 1. The second-order valence-corrected chi connectivity index (χ2v) is 7.65. The highest BCUT2D eigenvalue weighted by molar-refractivity contribution is 8.00. The largest absolute Gasteiger partial charge is 0.354 e. The van der Waals surface area contributed by atoms with Gasteiger partial charge in [-0.1, -0.05) is 49.4 Å². The quantitative estimate of drug-likeness (QED) is 0.897. The highest BCUT2D eigenvalue weighted by Crippen LogP contribution is 2.37. The van der Waals surface area contributed by atoms with E-state index in [0.29, 0.717) is 13.0 Å². The van der Waals surface area contributed by atoms with E-state index in [9.17, 15) is 9.59 Å². The average molecular weight is 354 g/mol. The van der Waals surface area contributed by atoms with Gasteiger partial charge in [0.25, 0.3) is 0 Å². The molecule has 1 unspecified atom stereocenters. The van der Waals surface area contributed by atoms with E-state index >= 15 is 0 Å². The van der Waals surface area contributed by atoms with Gasteiger partial charge in [0.15, 0.2) is 0 Å². The molecule has 0 fully saturated rings. The zero-order valence-electron chi connectivity index (χ0n) is 14.3. The highest BCUT2D eigenvalue weighted by atomic mass is 32.2. The Balaban J connectivity index is 1.62. The van der Waals surface area contributed by atoms with E-state index in [0.717, 1.165) is 17.0 Å². The van der Waals surface area contributed by atoms with Crippen LogP contribution in [0.4, 0.5) is 5.69 Å². The number of nitrogens with zero attached hydrogens (tertiary/aromatic N) is 1. The molecule has 1 atom stereocenters. The molecule has 1 aliphatic heterocycles. The van der Waals surface area contributed by atoms with E-state index in [2.05, 4.69) is 5.32 Å². The summed E-state index contributed by atoms with van der Waals surface area (Å²) in [7, 11) is 0. The van der Waals surface area contributed by atoms with Crippen molar-refractivity contribution in [2.75, 3.05) is 18.0 Å². The molecule has 4 nitrogen and oxygen atoms in total. The van der Waals surface area contributed by atoms with Crippen molar-refractivity contribution in [3.05, 3.63) is 60.2 Å². The van der Waals surface area contributed by atoms with Crippen LogP contribution in [0.3, 0.4) is 0 Å². The van der Waals surface area contributed by atoms with Crippen LogP contribution in [0.15, 0.2) is 59.5 Å². The van der Waals surface area contributed by atoms with Gasteiger partial charge < -0.3 is 10.2 Å². The van der Waals surface area contributed by atoms with Crippen molar-refractivity contribution >= 4 is 29.3 Å². The molecular weight excluding hydrogens is 332 g/mol. The van der Waals surface area contributed by atoms with Crippen molar-refractivity contribution in [2.24, 2.45) is 0 Å². The van der Waals surface area contributed by atoms with Gasteiger partial charge >= 0.3 is 0 Å². The first-order valence-corrected chi connectivity index (χ1v) is 9.38. The maximum atomic E-state index is 12.6. The van der Waals surface area contributed by atoms with Gasteiger partial charge in [-0.05, 0) is 24.1 Å². The number of hydrogen-bond donors (Lipinski definition) is 1. The summed E-state index contributed by atoms with van der Waals surface area (Å²) in [5.41, 5.74) is 2.02. The molecule has 25 heavy (non-hydrogen) atoms. The first-order valence-electron chi connectivity index (χ1n) is 8.50. The van der Waals surface area contributed by atoms with E-state index < -0.39 is 0 Å². The molecule has 0 bridgehead atoms. The molecule has 3 rings (SSSR count). The van der Waals surface area contributed by atoms with Gasteiger partial charge in [0.2, 0.25) is 11.8 Å². The van der Waals surface area contributed by atoms with Gasteiger partial charge in [-0.15, -0.1) is 11.8 Å². The van der Waals surface area contributed by atoms with E-state index in [1.54, 1.807) is 16.7 Å². The molecule has 0 radical (unpaired) electrons. The minimum atomic E-state index is -0.126. The zero-order chi connectivity index (χ0) is 17.6. The summed E-state index contributed by atoms with van der Waals surface area (Å²) in [4.78, 5) is 27.6. The molecule has 130 valence electrons. The molecular formula is C20H22N2O2S. The van der Waals surface area contributed by atoms with E-state index in [-0.39, 0.29) is 23.6 Å². The number of thioether (sulfide) groups is 1. The van der Waals surface area contributed by atoms with Crippen LogP contribution >= 0.6 is 11.8 Å². The fraction of sp³-hybridized carbons (Fsp3) is 0.300. The first kappa shape index (κ1) is 17.5. The SMILES string of the molecule is CC1CC(=O)N(CC(=O)NCCc2ccccc2)c2ccccc2S1. The van der Waals surface area contributed by atoms with Crippen LogP contribution < -0.4 is 10.2 Å². The van der Waals surface area contributed by atoms with Crippen molar-refractivity contribution in [2.45, 2.75) is 29.9 Å². The number of anilines is 1. The number of fused-ring (bicyclic) bond motifs is 1. The Labute approximate surface area is 152 Å². The van der Waals surface area contributed by atoms with Crippen molar-refractivity contribution in [3.63, 3.8) is 0 Å². The Morgan fingerprint density at radius 1 is 1.16 bits per heavy atom. The lowest BCUT2D eigenvalue weighted by molar-refractivity contribution is -0.123. The van der Waals surface area contributed by atoms with E-state index in [1.807, 2.05) is 61.5 Å². The van der Waals surface area contributed by atoms with Crippen LogP contribution in [0.5, 0.6) is 0 Å². The molecule has 0 spiro atoms. The van der Waals surface area contributed by atoms with Crippen molar-refractivity contribution in [1.29, 1.82) is 0 Å². The van der Waals surface area contributed by atoms with Crippen molar-refractivity contribution in [1.82, 2.24) is 5.32 Å². The van der Waals surface area contributed by atoms with Crippen LogP contribution in [-0.2, 0) is 16.0 Å². The molecule has 0 saturated heterocycles. The third kappa shape index (κ3) is 4.63. The number of benzene rings is 2. The lowest BCUT2D eigenvalue weighted by Crippen LogP contribution is -2.41. The molecule has 0 saturated carbocycles. The Hall–Kier alpha value is -2.27. The Kier molecular flexibility index (Phi) is 5.76. The third-order valence-corrected chi connectivity index (χ3v) is 5.30. The van der Waals surface area contributed by atoms with Gasteiger partial charge in [-0.2, -0.15) is 0 Å². The second kappa shape index (κ2) is 8.21. The highest BCUT2D eigenvalue weighted by Gasteiger charge is 2.27. The van der Waals surface area contributed by atoms with Crippen LogP contribution in [0.1, 0.15) is 18.9 Å². The monoisotopic (exact) mass is 354 g/mol. The van der Waals surface area contributed by atoms with Gasteiger partial charge in [-0.3, -0.25) is 9.59 Å². The molecule has 5 heteroatoms. The molecule has 2 amide bonds. The fourth-order valence-corrected chi connectivity index (χ4v) is 4.01. The summed E-state index contributed by atoms with van der Waals surface area (Å²) < 4.78 is 0. The predicted octanol–water partition coefficient (Wildman–Crippen LogP) is 3.26. The number of carbonyl (C=O) groups is 2. The maximum absolute atomic E-state index is 12.6. The van der Waals surface area contributed by atoms with Crippen LogP contribution in [0.25, 0.3) is 0 Å². The topological polar surface area (TPSA) is 49.4 Å². The minimum Gasteiger partial charge on any atom is -0.354 e. The van der Waals surface area contributed by atoms with E-state index in [4.69, 9.17) is 0 Å². The van der Waals surface area contributed by atoms with Crippen molar-refractivity contribution < 1.29 is 9.59 Å². The molecule has 0 aromatic heterocycles. The Morgan fingerprint density at radius 2 is 1.88 bits per heavy atom. The Morgan fingerprint density at radius 3 is 2.68 bits per heavy atom. The molecule has 1 heterocycles. The molecule has 2 aromatic carbocycles. The number of amides is 2. The summed E-state index contributed by atoms with van der Waals surface area (Å²) in [6, 6.07) is 17.8. The van der Waals surface area contributed by atoms with Gasteiger partial charge in [0, 0.05) is 23.1 Å². The number of hydrogen-bond acceptors (Lipinski definition) is 3. The van der Waals surface area contributed by atoms with Crippen molar-refractivity contribution in [3.8, 4) is 0 Å². The number of nitrogens with one attached hydrogen (secondary N) is 1. The molecule has 2 aromatic rings. The maximum Gasteiger partial charge on any atom is 0.240 e. The first-order chi connectivity index (χ1) is 12.1. The molecule has 1 aliphatic rings. The summed E-state index contributed by atoms with van der Waals surface area (Å²) in [5.74, 6) is -0.123. The molecule has 0 aliphatic carbocycles. The predicted molar refractivity (Wildman–Crippen MR) is 102 cm³/mol. The number of rotatable bonds is 5. The van der Waals surface area contributed by atoms with Gasteiger partial charge in [0.1, 0.15) is 6.54 Å². The normalized spacial score (nSPS) is 16.9. The summed E-state index contributed by atoms with van der Waals surface area (Å²) in [5, 5.41) is 3.13. The second-order valence-electron chi connectivity index (χ2n) is 6.17. The fourth-order valence-electron chi connectivity index (χ4n) is 2.89. The van der Waals surface area contributed by atoms with Crippen LogP contribution in [0.2, 0.25) is 0 Å². The third-order valence-electron chi connectivity index (χ3n) is 4.13. The Bertz CT molecular complexity index is 748. The van der Waals surface area contributed by atoms with Gasteiger partial charge in [-0.25, -0.2) is 0 Å². The van der Waals surface area contributed by atoms with Gasteiger partial charge in [0.05, 0.1) is 5.69 Å². The standard InChI is InChI=1S/C20H22N2O2S/c1-15-13-20(24)22(17-9-5-6-10-18(17)25-15)14-19(23)21-12-11-16-7-3-2-4-8-16/h2-10,15H,11-14H2,1H3,(H,21,23). The lowest BCUT2D eigenvalue weighted by atomic mass is 10.1. The smallest absolute Gasteiger partial charge is 0.240 e. The minimum absolute atomic E-state index is 0.00293. The average Bonchev–Trinajstić information content (AvgIpc) is 2.72. The number of carbonyl (C=O) groups excluding carboxylic acids is 2. The summed E-state index contributed by atoms with van der Waals surface area (Å²) in [6.45, 7) is 2.68. The summed E-state index contributed by atoms with van der Waals surface area (Å²) in [6.07, 6.45) is 1.22. The van der Waals surface area contributed by atoms with E-state index in [1.165, 1.54) is 5.56 Å². The summed E-state index contributed by atoms with van der Waals surface area (Å²) >= 11 is 1.69. The molecule has 1 N–H and O–H groups in total. The van der Waals surface area contributed by atoms with Crippen LogP contribution in [-0.4, -0.2) is 30.2 Å². The lowest BCUT2D eigenvalue weighted by Gasteiger charge is -2.22. The van der Waals surface area contributed by atoms with Crippen LogP contribution in [0, 0.1) is 0 Å².